The number of halogens is 7. The maximum absolute atomic E-state index is 14.3. The molecule has 1 aliphatic heterocycles. The van der Waals surface area contributed by atoms with Gasteiger partial charge in [-0.05, 0) is 84.3 Å². The molecule has 36 heteroatoms. The van der Waals surface area contributed by atoms with Crippen LogP contribution < -0.4 is 39.4 Å². The molecule has 442 valence electrons. The molecule has 1 unspecified atom stereocenters. The number of anilines is 1. The normalized spacial score (nSPS) is 12.7. The molecule has 0 radical (unpaired) electrons. The van der Waals surface area contributed by atoms with Crippen LogP contribution in [0.5, 0.6) is 11.8 Å². The highest BCUT2D eigenvalue weighted by Gasteiger charge is 2.29. The van der Waals surface area contributed by atoms with Crippen molar-refractivity contribution < 1.29 is 83.9 Å². The number of carbonyl (C=O) groups excluding carboxylic acids is 2. The number of amides is 2. The number of carboxylic acid groups (broad SMARTS) is 2. The lowest BCUT2D eigenvalue weighted by atomic mass is 10.1. The Hall–Kier alpha value is -5.54. The Balaban J connectivity index is 0.000000381. The lowest BCUT2D eigenvalue weighted by Crippen LogP contribution is -2.35. The Kier molecular flexibility index (Phi) is 29.5. The number of nitrogens with zero attached hydrogens (tertiary/aromatic N) is 6. The standard InChI is InChI=1S/C15H15ClFN3O3S2.C15H16F3N5O4S.C8H6Cl2O3.C3H8NO5P.C3H9S/c1-23-13(21)8-24-12-7-11(10(17)6-9(12)16)18-14-19-4-2-3-5-20(19)15(22)25-14;1-9-19-12(22-14(20-9)27-2)21-13(24)23-28(25,26)11-6-4-3-5-10(11)7-8-15(16,17)18;1-13-7-5(10)3-2-4(9)6(7)8(11)12;5-3(6)1-4-2-10(7,8)9;1-4(2)3/h6-7H,2-5,8H2,1H3;3-6H,7-8H2,1-2H3,(H2,19,20,21,22,23,24);2-3H,1H3,(H,11,12);4H,1-2H2,(H,5,6)(H2,7,8,9);1-3H3/q;;;;+1/p-1/b18-14-;;;;. The summed E-state index contributed by atoms with van der Waals surface area (Å²) in [5.41, 5.74) is -0.103. The number of esters is 1. The SMILES string of the molecule is COC(=O)CSc1cc(/N=c2\sc(=O)n3n2CCCC3)c(F)cc1Cl.COc1c(Cl)ccc(Cl)c1C(=O)O.COc1nc(C)nc(NC(=O)NS(=O)(=O)c2ccccc2CCC(F)(F)F)n1.C[S+](C)C.O=C(O)CNCP(=O)([O-])O. The summed E-state index contributed by atoms with van der Waals surface area (Å²) in [4.78, 5) is 89.9. The molecule has 0 saturated heterocycles. The van der Waals surface area contributed by atoms with Crippen LogP contribution in [0.2, 0.25) is 15.1 Å². The lowest BCUT2D eigenvalue weighted by Gasteiger charge is -2.15. The topological polar surface area (TPSA) is 345 Å². The van der Waals surface area contributed by atoms with E-state index in [9.17, 15) is 59.4 Å². The summed E-state index contributed by atoms with van der Waals surface area (Å²) in [6, 6.07) is 9.35. The van der Waals surface area contributed by atoms with Crippen molar-refractivity contribution in [2.75, 3.05) is 64.0 Å². The summed E-state index contributed by atoms with van der Waals surface area (Å²) < 4.78 is 106. The van der Waals surface area contributed by atoms with E-state index >= 15 is 0 Å². The Morgan fingerprint density at radius 3 is 2.11 bits per heavy atom. The molecule has 1 atom stereocenters. The zero-order valence-electron chi connectivity index (χ0n) is 43.1. The van der Waals surface area contributed by atoms with Crippen molar-refractivity contribution >= 4 is 122 Å². The van der Waals surface area contributed by atoms with Gasteiger partial charge in [-0.1, -0.05) is 53.0 Å². The molecule has 6 N–H and O–H groups in total. The summed E-state index contributed by atoms with van der Waals surface area (Å²) in [6.07, 6.45) is 1.57. The fourth-order valence-corrected chi connectivity index (χ4v) is 9.85. The fourth-order valence-electron chi connectivity index (χ4n) is 5.82. The average molecular weight is 1290 g/mol. The maximum atomic E-state index is 14.3. The Labute approximate surface area is 480 Å². The maximum Gasteiger partial charge on any atom is 0.389 e. The molecule has 0 spiro atoms. The van der Waals surface area contributed by atoms with E-state index in [1.54, 1.807) is 14.1 Å². The summed E-state index contributed by atoms with van der Waals surface area (Å²) in [5.74, 6) is -3.22. The van der Waals surface area contributed by atoms with Crippen LogP contribution in [0.15, 0.2) is 68.1 Å². The number of carbonyl (C=O) groups is 4. The number of benzene rings is 3. The molecular weight excluding hydrogens is 1240 g/mol. The number of hydrogen-bond acceptors (Lipinski definition) is 19. The van der Waals surface area contributed by atoms with E-state index in [1.165, 1.54) is 64.7 Å². The molecule has 3 aromatic carbocycles. The Morgan fingerprint density at radius 2 is 1.56 bits per heavy atom. The van der Waals surface area contributed by atoms with Gasteiger partial charge in [0.25, 0.3) is 10.0 Å². The molecular formula is C44H53Cl3F4N9O15PS4. The monoisotopic (exact) mass is 1290 g/mol. The van der Waals surface area contributed by atoms with Gasteiger partial charge in [-0.15, -0.1) is 11.8 Å². The number of aryl methyl sites for hydroxylation is 2. The number of nitrogens with one attached hydrogen (secondary N) is 3. The van der Waals surface area contributed by atoms with Crippen molar-refractivity contribution in [3.63, 3.8) is 0 Å². The third-order valence-corrected chi connectivity index (χ3v) is 14.0. The first-order chi connectivity index (χ1) is 37.2. The van der Waals surface area contributed by atoms with E-state index in [0.717, 1.165) is 48.1 Å². The quantitative estimate of drug-likeness (QED) is 0.0206. The van der Waals surface area contributed by atoms with Crippen molar-refractivity contribution in [1.82, 2.24) is 34.4 Å². The summed E-state index contributed by atoms with van der Waals surface area (Å²) in [7, 11) is -4.22. The van der Waals surface area contributed by atoms with Gasteiger partial charge in [0.05, 0.1) is 78.6 Å². The molecule has 80 heavy (non-hydrogen) atoms. The van der Waals surface area contributed by atoms with E-state index < -0.39 is 84.1 Å². The number of rotatable bonds is 16. The van der Waals surface area contributed by atoms with Gasteiger partial charge in [-0.2, -0.15) is 28.1 Å². The third kappa shape index (κ3) is 25.5. The van der Waals surface area contributed by atoms with E-state index in [1.807, 2.05) is 5.32 Å². The number of methoxy groups -OCH3 is 3. The molecule has 6 rings (SSSR count). The van der Waals surface area contributed by atoms with Crippen LogP contribution in [0.4, 0.5) is 34.0 Å². The van der Waals surface area contributed by atoms with E-state index in [2.05, 4.69) is 48.8 Å². The molecule has 24 nitrogen and oxygen atoms in total. The van der Waals surface area contributed by atoms with Crippen molar-refractivity contribution in [3.8, 4) is 11.8 Å². The Morgan fingerprint density at radius 1 is 0.950 bits per heavy atom. The fraction of sp³-hybridized carbons (Fsp3) is 0.386. The number of thioether (sulfide) groups is 1. The number of hydrogen-bond donors (Lipinski definition) is 6. The van der Waals surface area contributed by atoms with E-state index in [4.69, 9.17) is 59.4 Å². The van der Waals surface area contributed by atoms with Crippen LogP contribution in [0.3, 0.4) is 0 Å². The average Bonchev–Trinajstić information content (AvgIpc) is 3.67. The predicted molar refractivity (Wildman–Crippen MR) is 292 cm³/mol. The summed E-state index contributed by atoms with van der Waals surface area (Å²) in [6.45, 7) is 2.35. The molecule has 0 aliphatic carbocycles. The van der Waals surface area contributed by atoms with Crippen LogP contribution in [0.1, 0.15) is 41.0 Å². The molecule has 2 amide bonds. The second-order valence-corrected chi connectivity index (χ2v) is 24.7. The number of ether oxygens (including phenoxy) is 3. The number of urea groups is 1. The first kappa shape index (κ1) is 70.6. The molecule has 1 aliphatic rings. The molecule has 5 aromatic rings. The van der Waals surface area contributed by atoms with Crippen LogP contribution >= 0.6 is 65.5 Å². The number of aromatic carboxylic acids is 1. The zero-order chi connectivity index (χ0) is 60.7. The molecule has 0 bridgehead atoms. The van der Waals surface area contributed by atoms with Gasteiger partial charge in [0.2, 0.25) is 10.7 Å². The van der Waals surface area contributed by atoms with Gasteiger partial charge < -0.3 is 38.8 Å². The first-order valence-corrected chi connectivity index (χ1v) is 30.8. The highest BCUT2D eigenvalue weighted by atomic mass is 35.5. The summed E-state index contributed by atoms with van der Waals surface area (Å²) >= 11 is 19.5. The number of aromatic nitrogens is 5. The van der Waals surface area contributed by atoms with Crippen molar-refractivity contribution in [3.05, 3.63) is 101 Å². The number of aliphatic carboxylic acids is 1. The van der Waals surface area contributed by atoms with Crippen LogP contribution in [0, 0.1) is 12.7 Å². The number of alkyl halides is 3. The molecule has 0 saturated carbocycles. The zero-order valence-corrected chi connectivity index (χ0v) is 49.6. The van der Waals surface area contributed by atoms with Crippen molar-refractivity contribution in [1.29, 1.82) is 0 Å². The number of fused-ring (bicyclic) bond motifs is 1. The lowest BCUT2D eigenvalue weighted by molar-refractivity contribution is -0.193. The van der Waals surface area contributed by atoms with E-state index in [0.29, 0.717) is 33.7 Å². The van der Waals surface area contributed by atoms with Crippen molar-refractivity contribution in [2.24, 2.45) is 4.99 Å². The Bertz CT molecular complexity index is 3240. The highest BCUT2D eigenvalue weighted by Crippen LogP contribution is 2.35. The van der Waals surface area contributed by atoms with E-state index in [-0.39, 0.29) is 66.0 Å². The van der Waals surface area contributed by atoms with Crippen LogP contribution in [-0.2, 0) is 59.3 Å². The van der Waals surface area contributed by atoms with Crippen LogP contribution in [-0.4, -0.2) is 137 Å². The van der Waals surface area contributed by atoms with Gasteiger partial charge in [-0.25, -0.2) is 36.8 Å². The number of sulfonamides is 1. The third-order valence-electron chi connectivity index (χ3n) is 9.05. The van der Waals surface area contributed by atoms with Gasteiger partial charge in [0.15, 0.2) is 5.75 Å². The molecule has 3 heterocycles. The molecule has 2 aromatic heterocycles. The van der Waals surface area contributed by atoms with Gasteiger partial charge in [-0.3, -0.25) is 29.7 Å². The van der Waals surface area contributed by atoms with Crippen molar-refractivity contribution in [2.45, 2.75) is 61.7 Å². The molecule has 0 fully saturated rings. The highest BCUT2D eigenvalue weighted by molar-refractivity contribution is 8.00. The van der Waals surface area contributed by atoms with Gasteiger partial charge in [0, 0.05) is 24.4 Å². The van der Waals surface area contributed by atoms with Crippen LogP contribution in [0.25, 0.3) is 0 Å². The minimum absolute atomic E-state index is 0.0605. The minimum atomic E-state index is -4.45. The minimum Gasteiger partial charge on any atom is -0.778 e. The predicted octanol–water partition coefficient (Wildman–Crippen LogP) is 6.35. The number of carboxylic acids is 2. The second kappa shape index (κ2) is 33.4. The largest absolute Gasteiger partial charge is 0.778 e. The second-order valence-electron chi connectivity index (χ2n) is 15.9. The smallest absolute Gasteiger partial charge is 0.389 e. The summed E-state index contributed by atoms with van der Waals surface area (Å²) in [5, 5.41) is 21.4. The van der Waals surface area contributed by atoms with Gasteiger partial charge in [0.1, 0.15) is 30.5 Å². The van der Waals surface area contributed by atoms with Gasteiger partial charge >= 0.3 is 41.0 Å². The first-order valence-electron chi connectivity index (χ1n) is 22.2.